The molecular weight excluding hydrogens is 532 g/mol. The van der Waals surface area contributed by atoms with Gasteiger partial charge in [0.1, 0.15) is 11.0 Å². The largest absolute Gasteiger partial charge is 0.379 e. The first kappa shape index (κ1) is 27.9. The molecule has 2 fully saturated rings. The molecular formula is C27H37ClN10O2. The lowest BCUT2D eigenvalue weighted by Crippen LogP contribution is -2.45. The minimum atomic E-state index is -0.344. The van der Waals surface area contributed by atoms with Crippen molar-refractivity contribution in [2.45, 2.75) is 63.1 Å². The monoisotopic (exact) mass is 568 g/mol. The summed E-state index contributed by atoms with van der Waals surface area (Å²) in [5, 5.41) is 21.0. The summed E-state index contributed by atoms with van der Waals surface area (Å²) in [7, 11) is 4.05. The number of rotatable bonds is 11. The first-order chi connectivity index (χ1) is 19.3. The fourth-order valence-corrected chi connectivity index (χ4v) is 5.02. The zero-order chi connectivity index (χ0) is 28.1. The molecule has 5 rings (SSSR count). The Morgan fingerprint density at radius 1 is 1.02 bits per heavy atom. The van der Waals surface area contributed by atoms with Gasteiger partial charge in [-0.05, 0) is 77.7 Å². The lowest BCUT2D eigenvalue weighted by Gasteiger charge is -2.30. The topological polar surface area (TPSA) is 141 Å². The van der Waals surface area contributed by atoms with Gasteiger partial charge in [0.15, 0.2) is 11.3 Å². The number of urea groups is 1. The van der Waals surface area contributed by atoms with E-state index in [0.717, 1.165) is 57.2 Å². The Bertz CT molecular complexity index is 1330. The Balaban J connectivity index is 1.22. The highest BCUT2D eigenvalue weighted by molar-refractivity contribution is 6.29. The SMILES string of the molecule is CN(C)CCCNC(=O)NC1CCC(Nc2cc(NC3CC3)c3ncc(C(=O)Nc4ccnc(Cl)c4)n3n2)CC1. The summed E-state index contributed by atoms with van der Waals surface area (Å²) in [5.41, 5.74) is 2.29. The summed E-state index contributed by atoms with van der Waals surface area (Å²) in [6, 6.07) is 5.90. The maximum atomic E-state index is 13.1. The summed E-state index contributed by atoms with van der Waals surface area (Å²) in [4.78, 5) is 35.9. The van der Waals surface area contributed by atoms with Crippen LogP contribution in [-0.2, 0) is 0 Å². The molecule has 0 bridgehead atoms. The Morgan fingerprint density at radius 3 is 2.48 bits per heavy atom. The smallest absolute Gasteiger partial charge is 0.315 e. The van der Waals surface area contributed by atoms with Crippen LogP contribution in [0.3, 0.4) is 0 Å². The van der Waals surface area contributed by atoms with E-state index in [4.69, 9.17) is 16.7 Å². The van der Waals surface area contributed by atoms with Gasteiger partial charge in [-0.15, -0.1) is 5.10 Å². The fourth-order valence-electron chi connectivity index (χ4n) is 4.85. The average Bonchev–Trinajstić information content (AvgIpc) is 3.62. The van der Waals surface area contributed by atoms with Crippen molar-refractivity contribution in [3.63, 3.8) is 0 Å². The third-order valence-electron chi connectivity index (χ3n) is 7.10. The van der Waals surface area contributed by atoms with Gasteiger partial charge >= 0.3 is 6.03 Å². The first-order valence-corrected chi connectivity index (χ1v) is 14.3. The maximum Gasteiger partial charge on any atom is 0.315 e. The van der Waals surface area contributed by atoms with Crippen molar-refractivity contribution >= 4 is 46.4 Å². The van der Waals surface area contributed by atoms with Crippen LogP contribution in [0.5, 0.6) is 0 Å². The summed E-state index contributed by atoms with van der Waals surface area (Å²) < 4.78 is 1.58. The number of fused-ring (bicyclic) bond motifs is 1. The van der Waals surface area contributed by atoms with E-state index < -0.39 is 0 Å². The number of amides is 3. The van der Waals surface area contributed by atoms with Crippen LogP contribution in [0.1, 0.15) is 55.4 Å². The molecule has 3 aromatic rings. The second kappa shape index (κ2) is 12.7. The number of halogens is 1. The van der Waals surface area contributed by atoms with Crippen molar-refractivity contribution in [3.05, 3.63) is 41.4 Å². The second-order valence-corrected chi connectivity index (χ2v) is 11.2. The van der Waals surface area contributed by atoms with E-state index in [2.05, 4.69) is 41.5 Å². The highest BCUT2D eigenvalue weighted by Crippen LogP contribution is 2.30. The van der Waals surface area contributed by atoms with E-state index in [9.17, 15) is 9.59 Å². The summed E-state index contributed by atoms with van der Waals surface area (Å²) >= 11 is 5.97. The van der Waals surface area contributed by atoms with E-state index in [0.29, 0.717) is 40.6 Å². The maximum absolute atomic E-state index is 13.1. The van der Waals surface area contributed by atoms with Gasteiger partial charge in [-0.2, -0.15) is 0 Å². The molecule has 0 unspecified atom stereocenters. The van der Waals surface area contributed by atoms with Crippen molar-refractivity contribution in [2.24, 2.45) is 0 Å². The number of hydrogen-bond acceptors (Lipinski definition) is 8. The van der Waals surface area contributed by atoms with Crippen molar-refractivity contribution in [1.29, 1.82) is 0 Å². The molecule has 3 amide bonds. The molecule has 0 aliphatic heterocycles. The van der Waals surface area contributed by atoms with E-state index in [1.165, 1.54) is 12.4 Å². The van der Waals surface area contributed by atoms with Gasteiger partial charge in [-0.3, -0.25) is 4.79 Å². The Hall–Kier alpha value is -3.64. The van der Waals surface area contributed by atoms with Crippen molar-refractivity contribution in [2.75, 3.05) is 43.1 Å². The lowest BCUT2D eigenvalue weighted by molar-refractivity contribution is 0.102. The minimum Gasteiger partial charge on any atom is -0.379 e. The van der Waals surface area contributed by atoms with Gasteiger partial charge in [0.2, 0.25) is 0 Å². The molecule has 3 heterocycles. The van der Waals surface area contributed by atoms with Gasteiger partial charge < -0.3 is 31.5 Å². The number of nitrogens with zero attached hydrogens (tertiary/aromatic N) is 5. The number of aromatic nitrogens is 4. The quantitative estimate of drug-likeness (QED) is 0.175. The number of carbonyl (C=O) groups is 2. The highest BCUT2D eigenvalue weighted by Gasteiger charge is 2.26. The van der Waals surface area contributed by atoms with Crippen molar-refractivity contribution in [1.82, 2.24) is 35.1 Å². The lowest BCUT2D eigenvalue weighted by atomic mass is 9.91. The molecule has 12 nitrogen and oxygen atoms in total. The third-order valence-corrected chi connectivity index (χ3v) is 7.31. The molecule has 214 valence electrons. The Kier molecular flexibility index (Phi) is 8.85. The van der Waals surface area contributed by atoms with Crippen LogP contribution in [0.2, 0.25) is 5.15 Å². The van der Waals surface area contributed by atoms with Crippen LogP contribution in [0.4, 0.5) is 22.0 Å². The average molecular weight is 569 g/mol. The van der Waals surface area contributed by atoms with Gasteiger partial charge in [-0.1, -0.05) is 11.6 Å². The van der Waals surface area contributed by atoms with Crippen LogP contribution in [0, 0.1) is 0 Å². The first-order valence-electron chi connectivity index (χ1n) is 13.9. The van der Waals surface area contributed by atoms with E-state index >= 15 is 0 Å². The molecule has 2 saturated carbocycles. The zero-order valence-electron chi connectivity index (χ0n) is 22.9. The normalized spacial score (nSPS) is 18.9. The standard InChI is InChI=1S/C27H37ClN10O2/c1-37(2)13-3-11-30-27(40)35-19-8-6-18(7-9-19)33-24-15-21(32-17-4-5-17)25-31-16-22(38(25)36-24)26(39)34-20-10-12-29-23(28)14-20/h10,12,14-19,32H,3-9,11,13H2,1-2H3,(H,33,36)(H,29,34,39)(H2,30,35,40). The molecule has 0 radical (unpaired) electrons. The van der Waals surface area contributed by atoms with Gasteiger partial charge in [-0.25, -0.2) is 19.3 Å². The Morgan fingerprint density at radius 2 is 1.75 bits per heavy atom. The third kappa shape index (κ3) is 7.51. The second-order valence-electron chi connectivity index (χ2n) is 10.8. The van der Waals surface area contributed by atoms with Crippen LogP contribution in [-0.4, -0.2) is 81.7 Å². The van der Waals surface area contributed by atoms with Crippen LogP contribution >= 0.6 is 11.6 Å². The molecule has 3 aromatic heterocycles. The molecule has 5 N–H and O–H groups in total. The van der Waals surface area contributed by atoms with Crippen molar-refractivity contribution < 1.29 is 9.59 Å². The number of anilines is 3. The molecule has 40 heavy (non-hydrogen) atoms. The minimum absolute atomic E-state index is 0.0990. The molecule has 0 aromatic carbocycles. The molecule has 2 aliphatic carbocycles. The van der Waals surface area contributed by atoms with Crippen LogP contribution in [0.25, 0.3) is 5.65 Å². The van der Waals surface area contributed by atoms with E-state index in [-0.39, 0.29) is 24.0 Å². The van der Waals surface area contributed by atoms with Gasteiger partial charge in [0.25, 0.3) is 5.91 Å². The molecule has 13 heteroatoms. The molecule has 0 spiro atoms. The molecule has 0 saturated heterocycles. The number of hydrogen-bond donors (Lipinski definition) is 5. The zero-order valence-corrected chi connectivity index (χ0v) is 23.7. The summed E-state index contributed by atoms with van der Waals surface area (Å²) in [6.45, 7) is 1.61. The highest BCUT2D eigenvalue weighted by atomic mass is 35.5. The van der Waals surface area contributed by atoms with E-state index in [1.807, 2.05) is 20.2 Å². The molecule has 2 aliphatic rings. The number of carbonyl (C=O) groups excluding carboxylic acids is 2. The van der Waals surface area contributed by atoms with Crippen LogP contribution in [0.15, 0.2) is 30.6 Å². The number of pyridine rings is 1. The Labute approximate surface area is 238 Å². The molecule has 0 atom stereocenters. The van der Waals surface area contributed by atoms with E-state index in [1.54, 1.807) is 16.6 Å². The summed E-state index contributed by atoms with van der Waals surface area (Å²) in [5.74, 6) is 0.327. The number of nitrogens with one attached hydrogen (secondary N) is 5. The predicted octanol–water partition coefficient (Wildman–Crippen LogP) is 3.58. The van der Waals surface area contributed by atoms with Gasteiger partial charge in [0, 0.05) is 42.6 Å². The predicted molar refractivity (Wildman–Crippen MR) is 156 cm³/mol. The summed E-state index contributed by atoms with van der Waals surface area (Å²) in [6.07, 6.45) is 9.76. The van der Waals surface area contributed by atoms with Crippen molar-refractivity contribution in [3.8, 4) is 0 Å². The number of imidazole rings is 1. The van der Waals surface area contributed by atoms with Crippen LogP contribution < -0.4 is 26.6 Å². The van der Waals surface area contributed by atoms with Gasteiger partial charge in [0.05, 0.1) is 11.9 Å². The fraction of sp³-hybridized carbons (Fsp3) is 0.519.